The highest BCUT2D eigenvalue weighted by Gasteiger charge is 2.52. The molecule has 18 heteroatoms. The lowest BCUT2D eigenvalue weighted by Crippen LogP contribution is -2.57. The van der Waals surface area contributed by atoms with Crippen LogP contribution < -0.4 is 10.1 Å². The van der Waals surface area contributed by atoms with E-state index in [0.717, 1.165) is 4.31 Å². The van der Waals surface area contributed by atoms with Gasteiger partial charge in [-0.2, -0.15) is 17.5 Å². The van der Waals surface area contributed by atoms with E-state index in [9.17, 15) is 40.8 Å². The number of ether oxygens (including phenoxy) is 2. The molecule has 49 heavy (non-hydrogen) atoms. The highest BCUT2D eigenvalue weighted by atomic mass is 32.2. The molecule has 0 bridgehead atoms. The Morgan fingerprint density at radius 1 is 1.02 bits per heavy atom. The molecule has 0 saturated carbocycles. The molecule has 2 atom stereocenters. The summed E-state index contributed by atoms with van der Waals surface area (Å²) in [7, 11) is -4.12. The monoisotopic (exact) mass is 729 g/mol. The van der Waals surface area contributed by atoms with Gasteiger partial charge in [0, 0.05) is 49.7 Å². The van der Waals surface area contributed by atoms with Crippen LogP contribution in [0.3, 0.4) is 0 Å². The van der Waals surface area contributed by atoms with Crippen molar-refractivity contribution in [1.82, 2.24) is 24.4 Å². The average Bonchev–Trinajstić information content (AvgIpc) is 3.36. The number of nitrogens with one attached hydrogen (secondary N) is 1. The first kappa shape index (κ1) is 37.9. The van der Waals surface area contributed by atoms with Gasteiger partial charge in [-0.3, -0.25) is 14.6 Å². The van der Waals surface area contributed by atoms with Gasteiger partial charge >= 0.3 is 24.1 Å². The standard InChI is InChI=1S/C31H38F3N5O8S2/c1-29(2,3)47-26(41)23(36-25(40)24-30(4,5)48-19-39(24)49(44,45)22-7-6-12-35-18-22)17-20-8-10-21(11-9-20)46-28(43)38-15-13-37(14-16-38)27(42)31(32,33)34/h6-12,18,23-24H,13-17,19H2,1-5H3,(H,36,40)/t23-,24?/m0/s1. The highest BCUT2D eigenvalue weighted by molar-refractivity contribution is 8.02. The second-order valence-electron chi connectivity index (χ2n) is 12.9. The summed E-state index contributed by atoms with van der Waals surface area (Å²) in [5.41, 5.74) is -0.364. The summed E-state index contributed by atoms with van der Waals surface area (Å²) in [6.45, 7) is 7.60. The molecule has 2 aromatic rings. The fraction of sp³-hybridized carbons (Fsp3) is 0.516. The number of carbonyl (C=O) groups is 4. The molecule has 4 rings (SSSR count). The van der Waals surface area contributed by atoms with E-state index in [0.29, 0.717) is 10.5 Å². The van der Waals surface area contributed by atoms with Crippen LogP contribution in [-0.4, -0.2) is 112 Å². The van der Waals surface area contributed by atoms with Crippen LogP contribution in [0.15, 0.2) is 53.7 Å². The van der Waals surface area contributed by atoms with E-state index in [-0.39, 0.29) is 49.1 Å². The Labute approximate surface area is 286 Å². The van der Waals surface area contributed by atoms with Gasteiger partial charge in [0.05, 0.1) is 5.88 Å². The van der Waals surface area contributed by atoms with E-state index in [1.54, 1.807) is 46.8 Å². The molecule has 1 unspecified atom stereocenters. The molecule has 1 aromatic carbocycles. The van der Waals surface area contributed by atoms with Crippen molar-refractivity contribution in [3.63, 3.8) is 0 Å². The van der Waals surface area contributed by atoms with E-state index in [1.165, 1.54) is 53.3 Å². The molecule has 2 fully saturated rings. The van der Waals surface area contributed by atoms with Crippen LogP contribution in [0.1, 0.15) is 40.2 Å². The number of hydrogen-bond donors (Lipinski definition) is 1. The maximum atomic E-state index is 13.9. The summed E-state index contributed by atoms with van der Waals surface area (Å²) in [6.07, 6.45) is -3.23. The summed E-state index contributed by atoms with van der Waals surface area (Å²) >= 11 is 1.28. The Balaban J connectivity index is 1.46. The van der Waals surface area contributed by atoms with Crippen molar-refractivity contribution in [3.8, 4) is 5.75 Å². The third kappa shape index (κ3) is 9.42. The van der Waals surface area contributed by atoms with Crippen LogP contribution in [0.5, 0.6) is 5.75 Å². The smallest absolute Gasteiger partial charge is 0.458 e. The summed E-state index contributed by atoms with van der Waals surface area (Å²) < 4.78 is 76.4. The van der Waals surface area contributed by atoms with Gasteiger partial charge in [0.2, 0.25) is 15.9 Å². The minimum atomic E-state index is -5.00. The van der Waals surface area contributed by atoms with E-state index in [2.05, 4.69) is 10.3 Å². The normalized spacial score (nSPS) is 19.2. The summed E-state index contributed by atoms with van der Waals surface area (Å²) in [5, 5.41) is 2.71. The molecular weight excluding hydrogens is 691 g/mol. The molecule has 3 amide bonds. The number of pyridine rings is 1. The number of hydrogen-bond acceptors (Lipinski definition) is 10. The van der Waals surface area contributed by atoms with Gasteiger partial charge in [-0.15, -0.1) is 11.8 Å². The lowest BCUT2D eigenvalue weighted by Gasteiger charge is -2.34. The third-order valence-electron chi connectivity index (χ3n) is 7.64. The highest BCUT2D eigenvalue weighted by Crippen LogP contribution is 2.42. The molecule has 13 nitrogen and oxygen atoms in total. The second-order valence-corrected chi connectivity index (χ2v) is 16.4. The van der Waals surface area contributed by atoms with Gasteiger partial charge in [-0.05, 0) is 64.4 Å². The molecule has 0 radical (unpaired) electrons. The minimum Gasteiger partial charge on any atom is -0.458 e. The minimum absolute atomic E-state index is 0.000960. The Hall–Kier alpha value is -3.90. The zero-order valence-electron chi connectivity index (χ0n) is 27.5. The average molecular weight is 730 g/mol. The van der Waals surface area contributed by atoms with Gasteiger partial charge in [0.25, 0.3) is 0 Å². The van der Waals surface area contributed by atoms with Crippen molar-refractivity contribution in [2.45, 2.75) is 74.5 Å². The van der Waals surface area contributed by atoms with Gasteiger partial charge in [0.15, 0.2) is 0 Å². The maximum absolute atomic E-state index is 13.9. The SMILES string of the molecule is CC(C)(C)OC(=O)[C@H](Cc1ccc(OC(=O)N2CCN(C(=O)C(F)(F)F)CC2)cc1)NC(=O)C1N(S(=O)(=O)c2cccnc2)CSC1(C)C. The number of amides is 3. The molecule has 1 N–H and O–H groups in total. The van der Waals surface area contributed by atoms with Crippen LogP contribution in [0.4, 0.5) is 18.0 Å². The number of piperazine rings is 1. The van der Waals surface area contributed by atoms with Crippen LogP contribution in [-0.2, 0) is 35.6 Å². The largest absolute Gasteiger partial charge is 0.471 e. The third-order valence-corrected chi connectivity index (χ3v) is 11.0. The fourth-order valence-corrected chi connectivity index (χ4v) is 8.34. The van der Waals surface area contributed by atoms with E-state index < -0.39 is 62.5 Å². The number of thioether (sulfide) groups is 1. The van der Waals surface area contributed by atoms with Crippen molar-refractivity contribution in [3.05, 3.63) is 54.4 Å². The first-order chi connectivity index (χ1) is 22.7. The van der Waals surface area contributed by atoms with Crippen LogP contribution in [0, 0.1) is 0 Å². The first-order valence-electron chi connectivity index (χ1n) is 15.2. The number of sulfonamides is 1. The number of rotatable bonds is 8. The molecule has 2 saturated heterocycles. The summed E-state index contributed by atoms with van der Waals surface area (Å²) in [5.74, 6) is -3.29. The number of aromatic nitrogens is 1. The molecule has 2 aliphatic rings. The summed E-state index contributed by atoms with van der Waals surface area (Å²) in [6, 6.07) is 6.47. The predicted octanol–water partition coefficient (Wildman–Crippen LogP) is 3.20. The Bertz CT molecular complexity index is 1640. The lowest BCUT2D eigenvalue weighted by atomic mass is 10.0. The van der Waals surface area contributed by atoms with Crippen molar-refractivity contribution in [1.29, 1.82) is 0 Å². The van der Waals surface area contributed by atoms with Gasteiger partial charge in [0.1, 0.15) is 28.3 Å². The number of benzene rings is 1. The first-order valence-corrected chi connectivity index (χ1v) is 17.6. The molecule has 3 heterocycles. The molecular formula is C31H38F3N5O8S2. The lowest BCUT2D eigenvalue weighted by molar-refractivity contribution is -0.186. The van der Waals surface area contributed by atoms with Crippen LogP contribution >= 0.6 is 11.8 Å². The van der Waals surface area contributed by atoms with Crippen molar-refractivity contribution >= 4 is 45.7 Å². The number of halogens is 3. The maximum Gasteiger partial charge on any atom is 0.471 e. The zero-order chi connectivity index (χ0) is 36.4. The fourth-order valence-electron chi connectivity index (χ4n) is 5.20. The molecule has 0 spiro atoms. The van der Waals surface area contributed by atoms with E-state index in [4.69, 9.17) is 9.47 Å². The van der Waals surface area contributed by atoms with Crippen molar-refractivity contribution in [2.24, 2.45) is 0 Å². The van der Waals surface area contributed by atoms with Crippen LogP contribution in [0.2, 0.25) is 0 Å². The topological polar surface area (TPSA) is 156 Å². The van der Waals surface area contributed by atoms with Crippen molar-refractivity contribution < 1.29 is 50.2 Å². The van der Waals surface area contributed by atoms with Gasteiger partial charge < -0.3 is 24.6 Å². The number of alkyl halides is 3. The van der Waals surface area contributed by atoms with E-state index in [1.807, 2.05) is 0 Å². The number of carbonyl (C=O) groups excluding carboxylic acids is 4. The predicted molar refractivity (Wildman–Crippen MR) is 172 cm³/mol. The van der Waals surface area contributed by atoms with Gasteiger partial charge in [-0.25, -0.2) is 18.0 Å². The second kappa shape index (κ2) is 14.5. The number of nitrogens with zero attached hydrogens (tertiary/aromatic N) is 4. The Kier molecular flexibility index (Phi) is 11.2. The van der Waals surface area contributed by atoms with Crippen LogP contribution in [0.25, 0.3) is 0 Å². The summed E-state index contributed by atoms with van der Waals surface area (Å²) in [4.78, 5) is 56.9. The molecule has 1 aromatic heterocycles. The quantitative estimate of drug-likeness (QED) is 0.401. The number of esters is 1. The van der Waals surface area contributed by atoms with Gasteiger partial charge in [-0.1, -0.05) is 12.1 Å². The molecule has 0 aliphatic carbocycles. The Morgan fingerprint density at radius 2 is 1.63 bits per heavy atom. The van der Waals surface area contributed by atoms with Crippen molar-refractivity contribution in [2.75, 3.05) is 32.1 Å². The molecule has 2 aliphatic heterocycles. The Morgan fingerprint density at radius 3 is 2.18 bits per heavy atom. The molecule has 268 valence electrons. The van der Waals surface area contributed by atoms with E-state index >= 15 is 0 Å². The zero-order valence-corrected chi connectivity index (χ0v) is 29.2.